The number of hydrogen-bond acceptors (Lipinski definition) is 1. The summed E-state index contributed by atoms with van der Waals surface area (Å²) in [6.45, 7) is 3.79. The van der Waals surface area contributed by atoms with Gasteiger partial charge in [0.25, 0.3) is 0 Å². The molecule has 1 unspecified atom stereocenters. The third kappa shape index (κ3) is 1.40. The van der Waals surface area contributed by atoms with Crippen LogP contribution in [0.1, 0.15) is 13.8 Å². The lowest BCUT2D eigenvalue weighted by atomic mass is 9.84. The van der Waals surface area contributed by atoms with Gasteiger partial charge in [-0.2, -0.15) is 0 Å². The third-order valence-corrected chi connectivity index (χ3v) is 3.29. The van der Waals surface area contributed by atoms with Gasteiger partial charge in [0.15, 0.2) is 0 Å². The highest BCUT2D eigenvalue weighted by molar-refractivity contribution is 6.32. The Bertz CT molecular complexity index is 228. The number of halogens is 2. The van der Waals surface area contributed by atoms with Gasteiger partial charge in [0, 0.05) is 10.4 Å². The summed E-state index contributed by atoms with van der Waals surface area (Å²) in [5, 5.41) is 9.52. The fraction of sp³-hybridized carbons (Fsp3) is 0.500. The van der Waals surface area contributed by atoms with Gasteiger partial charge in [-0.1, -0.05) is 25.4 Å². The van der Waals surface area contributed by atoms with E-state index in [4.69, 9.17) is 23.2 Å². The average Bonchev–Trinajstić information content (AvgIpc) is 1.95. The molecule has 0 aromatic heterocycles. The van der Waals surface area contributed by atoms with Gasteiger partial charge in [0.05, 0.1) is 0 Å². The Balaban J connectivity index is 3.03. The molecule has 3 heteroatoms. The molecular weight excluding hydrogens is 183 g/mol. The Kier molecular flexibility index (Phi) is 2.22. The van der Waals surface area contributed by atoms with Crippen molar-refractivity contribution < 1.29 is 5.11 Å². The van der Waals surface area contributed by atoms with E-state index in [1.165, 1.54) is 6.08 Å². The maximum atomic E-state index is 9.26. The van der Waals surface area contributed by atoms with E-state index in [1.54, 1.807) is 6.08 Å². The number of rotatable bonds is 0. The number of hydrogen-bond donors (Lipinski definition) is 1. The first-order valence-corrected chi connectivity index (χ1v) is 4.18. The predicted molar refractivity (Wildman–Crippen MR) is 48.1 cm³/mol. The van der Waals surface area contributed by atoms with E-state index in [2.05, 4.69) is 0 Å². The highest BCUT2D eigenvalue weighted by Gasteiger charge is 2.35. The minimum absolute atomic E-state index is 0.182. The van der Waals surface area contributed by atoms with Gasteiger partial charge in [0.2, 0.25) is 0 Å². The molecule has 0 spiro atoms. The lowest BCUT2D eigenvalue weighted by Crippen LogP contribution is -2.28. The molecular formula is C8H10Cl2O. The number of alkyl halides is 1. The van der Waals surface area contributed by atoms with E-state index in [-0.39, 0.29) is 11.2 Å². The topological polar surface area (TPSA) is 20.2 Å². The zero-order valence-corrected chi connectivity index (χ0v) is 7.95. The van der Waals surface area contributed by atoms with Crippen molar-refractivity contribution in [1.82, 2.24) is 0 Å². The fourth-order valence-corrected chi connectivity index (χ4v) is 1.37. The van der Waals surface area contributed by atoms with Crippen LogP contribution in [0.3, 0.4) is 0 Å². The van der Waals surface area contributed by atoms with Crippen LogP contribution in [-0.2, 0) is 0 Å². The van der Waals surface area contributed by atoms with Gasteiger partial charge in [-0.05, 0) is 12.2 Å². The van der Waals surface area contributed by atoms with Crippen molar-refractivity contribution in [2.75, 3.05) is 0 Å². The third-order valence-electron chi connectivity index (χ3n) is 1.91. The van der Waals surface area contributed by atoms with Crippen molar-refractivity contribution in [2.24, 2.45) is 5.41 Å². The second kappa shape index (κ2) is 2.72. The van der Waals surface area contributed by atoms with Gasteiger partial charge in [-0.25, -0.2) is 0 Å². The lowest BCUT2D eigenvalue weighted by Gasteiger charge is -2.31. The molecule has 0 radical (unpaired) electrons. The second-order valence-electron chi connectivity index (χ2n) is 3.19. The maximum Gasteiger partial charge on any atom is 0.111 e. The quantitative estimate of drug-likeness (QED) is 0.585. The summed E-state index contributed by atoms with van der Waals surface area (Å²) in [7, 11) is 0. The molecule has 0 heterocycles. The molecule has 11 heavy (non-hydrogen) atoms. The Labute approximate surface area is 76.3 Å². The van der Waals surface area contributed by atoms with Crippen LogP contribution >= 0.6 is 23.2 Å². The monoisotopic (exact) mass is 192 g/mol. The molecule has 1 aliphatic carbocycles. The van der Waals surface area contributed by atoms with Gasteiger partial charge in [-0.15, -0.1) is 11.6 Å². The van der Waals surface area contributed by atoms with E-state index in [0.717, 1.165) is 0 Å². The van der Waals surface area contributed by atoms with Crippen molar-refractivity contribution in [3.63, 3.8) is 0 Å². The van der Waals surface area contributed by atoms with Gasteiger partial charge in [-0.3, -0.25) is 0 Å². The lowest BCUT2D eigenvalue weighted by molar-refractivity contribution is 0.325. The van der Waals surface area contributed by atoms with Crippen LogP contribution in [0.4, 0.5) is 0 Å². The average molecular weight is 193 g/mol. The first-order chi connectivity index (χ1) is 4.96. The normalized spacial score (nSPS) is 29.3. The first kappa shape index (κ1) is 8.95. The van der Waals surface area contributed by atoms with Crippen LogP contribution in [-0.4, -0.2) is 10.5 Å². The molecule has 0 fully saturated rings. The van der Waals surface area contributed by atoms with Crippen molar-refractivity contribution in [3.8, 4) is 0 Å². The summed E-state index contributed by atoms with van der Waals surface area (Å²) in [6.07, 6.45) is 3.21. The van der Waals surface area contributed by atoms with Crippen LogP contribution in [0.5, 0.6) is 0 Å². The summed E-state index contributed by atoms with van der Waals surface area (Å²) in [5.41, 5.74) is -0.359. The summed E-state index contributed by atoms with van der Waals surface area (Å²) in [5.74, 6) is 0.182. The number of aliphatic hydroxyl groups excluding tert-OH is 1. The van der Waals surface area contributed by atoms with Crippen LogP contribution in [0.25, 0.3) is 0 Å². The second-order valence-corrected chi connectivity index (χ2v) is 4.03. The number of aliphatic hydroxyl groups is 1. The van der Waals surface area contributed by atoms with Crippen molar-refractivity contribution >= 4 is 23.2 Å². The van der Waals surface area contributed by atoms with Crippen LogP contribution in [0.15, 0.2) is 22.9 Å². The molecule has 0 bridgehead atoms. The van der Waals surface area contributed by atoms with E-state index >= 15 is 0 Å². The molecule has 1 aliphatic rings. The van der Waals surface area contributed by atoms with E-state index < -0.39 is 5.38 Å². The molecule has 62 valence electrons. The molecule has 1 nitrogen and oxygen atoms in total. The number of allylic oxidation sites excluding steroid dienone is 4. The summed E-state index contributed by atoms with van der Waals surface area (Å²) in [6, 6.07) is 0. The van der Waals surface area contributed by atoms with Gasteiger partial charge < -0.3 is 5.11 Å². The van der Waals surface area contributed by atoms with E-state index in [0.29, 0.717) is 5.03 Å². The summed E-state index contributed by atoms with van der Waals surface area (Å²) >= 11 is 11.8. The molecule has 1 atom stereocenters. The Morgan fingerprint density at radius 3 is 2.45 bits per heavy atom. The smallest absolute Gasteiger partial charge is 0.111 e. The summed E-state index contributed by atoms with van der Waals surface area (Å²) < 4.78 is 0. The largest absolute Gasteiger partial charge is 0.511 e. The highest BCUT2D eigenvalue weighted by atomic mass is 35.5. The van der Waals surface area contributed by atoms with E-state index in [9.17, 15) is 5.11 Å². The SMILES string of the molecule is CC1(C)C(Cl)=CC=C(O)C1Cl. The van der Waals surface area contributed by atoms with Crippen molar-refractivity contribution in [3.05, 3.63) is 22.9 Å². The van der Waals surface area contributed by atoms with Crippen LogP contribution in [0.2, 0.25) is 0 Å². The molecule has 0 amide bonds. The van der Waals surface area contributed by atoms with Gasteiger partial charge >= 0.3 is 0 Å². The highest BCUT2D eigenvalue weighted by Crippen LogP contribution is 2.41. The zero-order valence-electron chi connectivity index (χ0n) is 6.44. The standard InChI is InChI=1S/C8H10Cl2O/c1-8(2)6(9)4-3-5(11)7(8)10/h3-4,7,11H,1-2H3. The minimum Gasteiger partial charge on any atom is -0.511 e. The molecule has 0 aromatic rings. The summed E-state index contributed by atoms with van der Waals surface area (Å²) in [4.78, 5) is 0. The molecule has 1 rings (SSSR count). The molecule has 0 saturated heterocycles. The maximum absolute atomic E-state index is 9.26. The Morgan fingerprint density at radius 2 is 2.00 bits per heavy atom. The van der Waals surface area contributed by atoms with Crippen molar-refractivity contribution in [2.45, 2.75) is 19.2 Å². The zero-order chi connectivity index (χ0) is 8.65. The fourth-order valence-electron chi connectivity index (χ4n) is 0.949. The molecule has 0 saturated carbocycles. The molecule has 0 aromatic carbocycles. The van der Waals surface area contributed by atoms with Crippen molar-refractivity contribution in [1.29, 1.82) is 0 Å². The van der Waals surface area contributed by atoms with Crippen LogP contribution in [0, 0.1) is 5.41 Å². The molecule has 0 aliphatic heterocycles. The first-order valence-electron chi connectivity index (χ1n) is 3.37. The predicted octanol–water partition coefficient (Wildman–Crippen LogP) is 3.20. The molecule has 1 N–H and O–H groups in total. The van der Waals surface area contributed by atoms with Gasteiger partial charge in [0.1, 0.15) is 11.1 Å². The Morgan fingerprint density at radius 1 is 1.45 bits per heavy atom. The Hall–Kier alpha value is -0.140. The minimum atomic E-state index is -0.417. The van der Waals surface area contributed by atoms with Crippen LogP contribution < -0.4 is 0 Å². The van der Waals surface area contributed by atoms with E-state index in [1.807, 2.05) is 13.8 Å².